The highest BCUT2D eigenvalue weighted by Crippen LogP contribution is 2.25. The third kappa shape index (κ3) is 9.03. The van der Waals surface area contributed by atoms with Crippen molar-refractivity contribution in [1.82, 2.24) is 5.32 Å². The summed E-state index contributed by atoms with van der Waals surface area (Å²) < 4.78 is 17.0. The van der Waals surface area contributed by atoms with E-state index in [9.17, 15) is 0 Å². The average Bonchev–Trinajstić information content (AvgIpc) is 3.29. The van der Waals surface area contributed by atoms with E-state index >= 15 is 0 Å². The van der Waals surface area contributed by atoms with E-state index in [0.29, 0.717) is 19.8 Å². The third-order valence-corrected chi connectivity index (χ3v) is 5.14. The first-order chi connectivity index (χ1) is 14.5. The van der Waals surface area contributed by atoms with Gasteiger partial charge in [0, 0.05) is 13.7 Å². The molecule has 0 amide bonds. The number of benzene rings is 1. The normalized spacial score (nSPS) is 11.7. The lowest BCUT2D eigenvalue weighted by molar-refractivity contribution is 0.0326. The molecular formula is C25H31NO3S. The molecule has 4 nitrogen and oxygen atoms in total. The van der Waals surface area contributed by atoms with Crippen LogP contribution in [0.1, 0.15) is 27.2 Å². The van der Waals surface area contributed by atoms with Gasteiger partial charge >= 0.3 is 0 Å². The molecule has 2 aromatic rings. The second-order valence-corrected chi connectivity index (χ2v) is 7.97. The quantitative estimate of drug-likeness (QED) is 0.422. The molecule has 0 aliphatic carbocycles. The van der Waals surface area contributed by atoms with E-state index in [-0.39, 0.29) is 6.10 Å². The number of ether oxygens (including phenoxy) is 3. The zero-order valence-electron chi connectivity index (χ0n) is 18.3. The number of hydrogen-bond donors (Lipinski definition) is 1. The molecular weight excluding hydrogens is 394 g/mol. The van der Waals surface area contributed by atoms with E-state index in [1.807, 2.05) is 26.0 Å². The van der Waals surface area contributed by atoms with Crippen LogP contribution < -0.4 is 10.1 Å². The summed E-state index contributed by atoms with van der Waals surface area (Å²) in [4.78, 5) is 0. The largest absolute Gasteiger partial charge is 0.491 e. The van der Waals surface area contributed by atoms with E-state index in [1.165, 1.54) is 11.1 Å². The summed E-state index contributed by atoms with van der Waals surface area (Å²) in [6, 6.07) is 10.3. The van der Waals surface area contributed by atoms with Crippen LogP contribution in [-0.2, 0) is 9.47 Å². The smallest absolute Gasteiger partial charge is 0.123 e. The predicted octanol–water partition coefficient (Wildman–Crippen LogP) is 4.61. The van der Waals surface area contributed by atoms with Gasteiger partial charge in [0.05, 0.1) is 19.3 Å². The minimum absolute atomic E-state index is 0.131. The van der Waals surface area contributed by atoms with E-state index in [0.717, 1.165) is 18.7 Å². The Morgan fingerprint density at radius 3 is 2.73 bits per heavy atom. The number of methoxy groups -OCH3 is 1. The van der Waals surface area contributed by atoms with Gasteiger partial charge in [-0.05, 0) is 72.2 Å². The van der Waals surface area contributed by atoms with E-state index in [4.69, 9.17) is 14.2 Å². The highest BCUT2D eigenvalue weighted by atomic mass is 32.1. The summed E-state index contributed by atoms with van der Waals surface area (Å²) in [5.74, 6) is 12.5. The van der Waals surface area contributed by atoms with Crippen LogP contribution in [-0.4, -0.2) is 45.1 Å². The van der Waals surface area contributed by atoms with Gasteiger partial charge in [-0.1, -0.05) is 30.9 Å². The van der Waals surface area contributed by atoms with E-state index in [1.54, 1.807) is 18.4 Å². The fourth-order valence-electron chi connectivity index (χ4n) is 2.51. The Morgan fingerprint density at radius 1 is 1.13 bits per heavy atom. The second-order valence-electron chi connectivity index (χ2n) is 7.19. The molecule has 1 aromatic heterocycles. The molecule has 1 atom stereocenters. The van der Waals surface area contributed by atoms with Crippen LogP contribution in [0.4, 0.5) is 0 Å². The molecule has 0 radical (unpaired) electrons. The molecule has 0 fully saturated rings. The van der Waals surface area contributed by atoms with Crippen molar-refractivity contribution in [2.24, 2.45) is 0 Å². The Labute approximate surface area is 184 Å². The van der Waals surface area contributed by atoms with Crippen molar-refractivity contribution in [2.45, 2.75) is 38.9 Å². The molecule has 1 N–H and O–H groups in total. The summed E-state index contributed by atoms with van der Waals surface area (Å²) in [6.07, 6.45) is 1.06. The molecule has 0 aliphatic rings. The highest BCUT2D eigenvalue weighted by Gasteiger charge is 2.10. The van der Waals surface area contributed by atoms with Crippen molar-refractivity contribution in [3.63, 3.8) is 0 Å². The molecule has 0 bridgehead atoms. The molecule has 30 heavy (non-hydrogen) atoms. The van der Waals surface area contributed by atoms with Crippen molar-refractivity contribution in [1.29, 1.82) is 0 Å². The van der Waals surface area contributed by atoms with Gasteiger partial charge in [0.2, 0.25) is 0 Å². The van der Waals surface area contributed by atoms with Crippen molar-refractivity contribution < 1.29 is 14.2 Å². The van der Waals surface area contributed by atoms with Gasteiger partial charge in [0.1, 0.15) is 18.0 Å². The molecule has 0 saturated heterocycles. The number of rotatable bonds is 11. The maximum absolute atomic E-state index is 5.92. The lowest BCUT2D eigenvalue weighted by atomic mass is 10.1. The molecule has 1 unspecified atom stereocenters. The van der Waals surface area contributed by atoms with Gasteiger partial charge in [-0.2, -0.15) is 11.3 Å². The topological polar surface area (TPSA) is 39.7 Å². The Balaban J connectivity index is 1.65. The number of thiophene rings is 1. The lowest BCUT2D eigenvalue weighted by Crippen LogP contribution is -2.30. The van der Waals surface area contributed by atoms with Gasteiger partial charge in [-0.15, -0.1) is 0 Å². The minimum Gasteiger partial charge on any atom is -0.491 e. The molecule has 160 valence electrons. The molecule has 1 heterocycles. The molecule has 5 heteroatoms. The van der Waals surface area contributed by atoms with Gasteiger partial charge < -0.3 is 19.5 Å². The maximum Gasteiger partial charge on any atom is 0.123 e. The average molecular weight is 426 g/mol. The number of hydrogen-bond acceptors (Lipinski definition) is 5. The number of nitrogens with one attached hydrogen (secondary N) is 1. The zero-order chi connectivity index (χ0) is 21.7. The Kier molecular flexibility index (Phi) is 10.5. The van der Waals surface area contributed by atoms with Crippen molar-refractivity contribution >= 4 is 11.3 Å². The predicted molar refractivity (Wildman–Crippen MR) is 125 cm³/mol. The lowest BCUT2D eigenvalue weighted by Gasteiger charge is -2.16. The van der Waals surface area contributed by atoms with Crippen LogP contribution in [0, 0.1) is 23.7 Å². The van der Waals surface area contributed by atoms with Gasteiger partial charge in [-0.25, -0.2) is 0 Å². The van der Waals surface area contributed by atoms with Crippen LogP contribution >= 0.6 is 11.3 Å². The minimum atomic E-state index is -0.462. The molecule has 1 aromatic carbocycles. The Bertz CT molecular complexity index is 869. The van der Waals surface area contributed by atoms with Crippen molar-refractivity contribution in [3.8, 4) is 40.6 Å². The summed E-state index contributed by atoms with van der Waals surface area (Å²) in [5.41, 5.74) is 1.92. The zero-order valence-corrected chi connectivity index (χ0v) is 19.1. The summed E-state index contributed by atoms with van der Waals surface area (Å²) in [7, 11) is 1.64. The summed E-state index contributed by atoms with van der Waals surface area (Å²) in [6.45, 7) is 8.33. The van der Waals surface area contributed by atoms with Crippen LogP contribution in [0.3, 0.4) is 0 Å². The molecule has 0 spiro atoms. The van der Waals surface area contributed by atoms with E-state index < -0.39 is 5.60 Å². The molecule has 0 aliphatic heterocycles. The first-order valence-electron chi connectivity index (χ1n) is 10.2. The fraction of sp³-hybridized carbons (Fsp3) is 0.440. The van der Waals surface area contributed by atoms with Crippen LogP contribution in [0.2, 0.25) is 0 Å². The van der Waals surface area contributed by atoms with Crippen LogP contribution in [0.25, 0.3) is 11.1 Å². The summed E-state index contributed by atoms with van der Waals surface area (Å²) >= 11 is 1.69. The monoisotopic (exact) mass is 425 g/mol. The highest BCUT2D eigenvalue weighted by molar-refractivity contribution is 7.08. The van der Waals surface area contributed by atoms with Crippen LogP contribution in [0.15, 0.2) is 41.1 Å². The third-order valence-electron chi connectivity index (χ3n) is 4.46. The van der Waals surface area contributed by atoms with Crippen molar-refractivity contribution in [3.05, 3.63) is 41.1 Å². The van der Waals surface area contributed by atoms with Gasteiger partial charge in [-0.3, -0.25) is 0 Å². The first kappa shape index (κ1) is 24.0. The SMILES string of the molecule is CCC(CNCC#CC#CC(C)(C)OC)OCCOc1cccc(-c2ccsc2)c1. The van der Waals surface area contributed by atoms with E-state index in [2.05, 4.69) is 64.9 Å². The Hall–Kier alpha value is -2.28. The maximum atomic E-state index is 5.92. The second kappa shape index (κ2) is 13.1. The van der Waals surface area contributed by atoms with Gasteiger partial charge in [0.15, 0.2) is 0 Å². The fourth-order valence-corrected chi connectivity index (χ4v) is 3.17. The molecule has 0 saturated carbocycles. The van der Waals surface area contributed by atoms with Gasteiger partial charge in [0.25, 0.3) is 0 Å². The molecule has 2 rings (SSSR count). The standard InChI is InChI=1S/C25H31NO3S/c1-5-23(19-26-14-8-6-7-13-25(2,3)27-4)28-15-16-29-24-11-9-10-21(18-24)22-12-17-30-20-22/h9-12,17-18,20,23,26H,5,14-16,19H2,1-4H3. The van der Waals surface area contributed by atoms with Crippen molar-refractivity contribution in [2.75, 3.05) is 33.4 Å². The first-order valence-corrected chi connectivity index (χ1v) is 11.1. The Morgan fingerprint density at radius 2 is 2.00 bits per heavy atom. The van der Waals surface area contributed by atoms with Crippen LogP contribution in [0.5, 0.6) is 5.75 Å². The summed E-state index contributed by atoms with van der Waals surface area (Å²) in [5, 5.41) is 7.51.